The Labute approximate surface area is 128 Å². The van der Waals surface area contributed by atoms with Gasteiger partial charge in [-0.1, -0.05) is 33.1 Å². The number of carbonyl (C=O) groups is 1. The number of amides is 1. The van der Waals surface area contributed by atoms with Crippen molar-refractivity contribution in [2.24, 2.45) is 0 Å². The van der Waals surface area contributed by atoms with Crippen molar-refractivity contribution in [3.63, 3.8) is 0 Å². The monoisotopic (exact) mass is 292 g/mol. The minimum atomic E-state index is 0.00278. The number of hydrogen-bond acceptors (Lipinski definition) is 4. The van der Waals surface area contributed by atoms with Crippen molar-refractivity contribution in [3.05, 3.63) is 24.3 Å². The molecule has 0 aliphatic carbocycles. The molecule has 5 heteroatoms. The average Bonchev–Trinajstić information content (AvgIpc) is 2.49. The van der Waals surface area contributed by atoms with Gasteiger partial charge in [-0.25, -0.2) is 9.97 Å². The standard InChI is InChI=1S/C11H16N4O.C5H12/c1-9-7-14(2)5-6-15(9)11(16)10-3-4-12-8-13-10;1-3-5-4-2/h3-4,8-9H,5-7H2,1-2H3;3-5H2,1-2H3/t9-;/m1./s1. The van der Waals surface area contributed by atoms with Crippen LogP contribution in [0.3, 0.4) is 0 Å². The third kappa shape index (κ3) is 5.79. The van der Waals surface area contributed by atoms with E-state index in [1.165, 1.54) is 25.6 Å². The number of rotatable bonds is 3. The number of hydrogen-bond donors (Lipinski definition) is 0. The predicted octanol–water partition coefficient (Wildman–Crippen LogP) is 2.45. The fraction of sp³-hybridized carbons (Fsp3) is 0.688. The Kier molecular flexibility index (Phi) is 7.90. The summed E-state index contributed by atoms with van der Waals surface area (Å²) in [5, 5.41) is 0. The van der Waals surface area contributed by atoms with Gasteiger partial charge < -0.3 is 9.80 Å². The van der Waals surface area contributed by atoms with E-state index in [9.17, 15) is 4.79 Å². The lowest BCUT2D eigenvalue weighted by molar-refractivity contribution is 0.0527. The van der Waals surface area contributed by atoms with E-state index in [1.54, 1.807) is 12.3 Å². The second-order valence-corrected chi connectivity index (χ2v) is 5.56. The van der Waals surface area contributed by atoms with Crippen LogP contribution in [0.25, 0.3) is 0 Å². The molecule has 0 bridgehead atoms. The van der Waals surface area contributed by atoms with Gasteiger partial charge in [-0.15, -0.1) is 0 Å². The van der Waals surface area contributed by atoms with Crippen molar-refractivity contribution < 1.29 is 4.79 Å². The molecule has 0 N–H and O–H groups in total. The Morgan fingerprint density at radius 1 is 1.33 bits per heavy atom. The summed E-state index contributed by atoms with van der Waals surface area (Å²) in [7, 11) is 2.07. The number of carbonyl (C=O) groups excluding carboxylic acids is 1. The average molecular weight is 292 g/mol. The fourth-order valence-electron chi connectivity index (χ4n) is 2.36. The molecule has 1 saturated heterocycles. The number of unbranched alkanes of at least 4 members (excludes halogenated alkanes) is 2. The molecular weight excluding hydrogens is 264 g/mol. The maximum atomic E-state index is 12.1. The summed E-state index contributed by atoms with van der Waals surface area (Å²) in [6.45, 7) is 9.08. The van der Waals surface area contributed by atoms with Gasteiger partial charge >= 0.3 is 0 Å². The largest absolute Gasteiger partial charge is 0.332 e. The summed E-state index contributed by atoms with van der Waals surface area (Å²) < 4.78 is 0. The highest BCUT2D eigenvalue weighted by Gasteiger charge is 2.26. The van der Waals surface area contributed by atoms with Gasteiger partial charge in [0.2, 0.25) is 0 Å². The van der Waals surface area contributed by atoms with Gasteiger partial charge in [0.15, 0.2) is 0 Å². The molecule has 1 atom stereocenters. The summed E-state index contributed by atoms with van der Waals surface area (Å²) in [6.07, 6.45) is 7.09. The second kappa shape index (κ2) is 9.45. The highest BCUT2D eigenvalue weighted by molar-refractivity contribution is 5.92. The summed E-state index contributed by atoms with van der Waals surface area (Å²) in [4.78, 5) is 24.0. The maximum absolute atomic E-state index is 12.1. The fourth-order valence-corrected chi connectivity index (χ4v) is 2.36. The molecule has 0 aromatic carbocycles. The van der Waals surface area contributed by atoms with Crippen molar-refractivity contribution >= 4 is 5.91 Å². The maximum Gasteiger partial charge on any atom is 0.272 e. The summed E-state index contributed by atoms with van der Waals surface area (Å²) in [5.74, 6) is 0.00278. The number of likely N-dealkylation sites (N-methyl/N-ethyl adjacent to an activating group) is 1. The van der Waals surface area contributed by atoms with Gasteiger partial charge in [-0.05, 0) is 20.0 Å². The van der Waals surface area contributed by atoms with E-state index in [2.05, 4.69) is 42.7 Å². The summed E-state index contributed by atoms with van der Waals surface area (Å²) >= 11 is 0. The Morgan fingerprint density at radius 3 is 2.52 bits per heavy atom. The molecular formula is C16H28N4O. The minimum absolute atomic E-state index is 0.00278. The number of nitrogens with zero attached hydrogens (tertiary/aromatic N) is 4. The summed E-state index contributed by atoms with van der Waals surface area (Å²) in [6, 6.07) is 1.90. The van der Waals surface area contributed by atoms with Crippen LogP contribution in [-0.4, -0.2) is 58.4 Å². The Bertz CT molecular complexity index is 408. The third-order valence-corrected chi connectivity index (χ3v) is 3.60. The summed E-state index contributed by atoms with van der Waals surface area (Å²) in [5.41, 5.74) is 0.478. The SMILES string of the molecule is CCCCC.C[C@@H]1CN(C)CCN1C(=O)c1ccncn1. The van der Waals surface area contributed by atoms with E-state index in [0.717, 1.165) is 19.6 Å². The van der Waals surface area contributed by atoms with Gasteiger partial charge in [0, 0.05) is 31.9 Å². The lowest BCUT2D eigenvalue weighted by Crippen LogP contribution is -2.52. The lowest BCUT2D eigenvalue weighted by atomic mass is 10.2. The first-order chi connectivity index (χ1) is 10.1. The van der Waals surface area contributed by atoms with E-state index in [1.807, 2.05) is 4.90 Å². The Morgan fingerprint density at radius 2 is 2.05 bits per heavy atom. The zero-order valence-electron chi connectivity index (χ0n) is 13.7. The normalized spacial score (nSPS) is 18.9. The molecule has 2 heterocycles. The lowest BCUT2D eigenvalue weighted by Gasteiger charge is -2.37. The Balaban J connectivity index is 0.000000383. The van der Waals surface area contributed by atoms with Crippen molar-refractivity contribution in [2.45, 2.75) is 46.1 Å². The van der Waals surface area contributed by atoms with Crippen LogP contribution in [0.2, 0.25) is 0 Å². The van der Waals surface area contributed by atoms with E-state index in [4.69, 9.17) is 0 Å². The van der Waals surface area contributed by atoms with Gasteiger partial charge in [0.1, 0.15) is 12.0 Å². The molecule has 0 unspecified atom stereocenters. The number of aromatic nitrogens is 2. The van der Waals surface area contributed by atoms with Gasteiger partial charge in [0.05, 0.1) is 0 Å². The molecule has 0 radical (unpaired) electrons. The third-order valence-electron chi connectivity index (χ3n) is 3.60. The first-order valence-corrected chi connectivity index (χ1v) is 7.85. The van der Waals surface area contributed by atoms with Crippen molar-refractivity contribution in [1.29, 1.82) is 0 Å². The van der Waals surface area contributed by atoms with Crippen molar-refractivity contribution in [1.82, 2.24) is 19.8 Å². The van der Waals surface area contributed by atoms with E-state index in [-0.39, 0.29) is 11.9 Å². The second-order valence-electron chi connectivity index (χ2n) is 5.56. The molecule has 2 rings (SSSR count). The number of piperazine rings is 1. The topological polar surface area (TPSA) is 49.3 Å². The van der Waals surface area contributed by atoms with Crippen LogP contribution in [0.5, 0.6) is 0 Å². The minimum Gasteiger partial charge on any atom is -0.332 e. The molecule has 1 aromatic heterocycles. The van der Waals surface area contributed by atoms with Crippen LogP contribution in [0.1, 0.15) is 50.5 Å². The van der Waals surface area contributed by atoms with Crippen molar-refractivity contribution in [2.75, 3.05) is 26.7 Å². The first-order valence-electron chi connectivity index (χ1n) is 7.85. The van der Waals surface area contributed by atoms with Crippen LogP contribution in [-0.2, 0) is 0 Å². The van der Waals surface area contributed by atoms with E-state index < -0.39 is 0 Å². The zero-order chi connectivity index (χ0) is 15.7. The molecule has 5 nitrogen and oxygen atoms in total. The van der Waals surface area contributed by atoms with Crippen LogP contribution in [0.15, 0.2) is 18.6 Å². The van der Waals surface area contributed by atoms with Crippen molar-refractivity contribution in [3.8, 4) is 0 Å². The predicted molar refractivity (Wildman–Crippen MR) is 85.2 cm³/mol. The highest BCUT2D eigenvalue weighted by atomic mass is 16.2. The molecule has 1 fully saturated rings. The smallest absolute Gasteiger partial charge is 0.272 e. The van der Waals surface area contributed by atoms with Crippen LogP contribution in [0.4, 0.5) is 0 Å². The highest BCUT2D eigenvalue weighted by Crippen LogP contribution is 2.11. The molecule has 0 saturated carbocycles. The van der Waals surface area contributed by atoms with Crippen LogP contribution < -0.4 is 0 Å². The molecule has 1 aliphatic rings. The molecule has 1 amide bonds. The van der Waals surface area contributed by atoms with Crippen LogP contribution >= 0.6 is 0 Å². The molecule has 1 aromatic rings. The van der Waals surface area contributed by atoms with E-state index in [0.29, 0.717) is 5.69 Å². The van der Waals surface area contributed by atoms with Gasteiger partial charge in [-0.3, -0.25) is 4.79 Å². The van der Waals surface area contributed by atoms with E-state index >= 15 is 0 Å². The molecule has 1 aliphatic heterocycles. The quantitative estimate of drug-likeness (QED) is 0.858. The van der Waals surface area contributed by atoms with Gasteiger partial charge in [0.25, 0.3) is 5.91 Å². The Hall–Kier alpha value is -1.49. The molecule has 118 valence electrons. The first kappa shape index (κ1) is 17.6. The molecule has 21 heavy (non-hydrogen) atoms. The molecule has 0 spiro atoms. The zero-order valence-corrected chi connectivity index (χ0v) is 13.7. The van der Waals surface area contributed by atoms with Gasteiger partial charge in [-0.2, -0.15) is 0 Å². The van der Waals surface area contributed by atoms with Crippen LogP contribution in [0, 0.1) is 0 Å².